The number of aliphatic imine (C=N–C) groups is 1. The molecule has 1 heterocycles. The zero-order chi connectivity index (χ0) is 18.8. The van der Waals surface area contributed by atoms with Crippen LogP contribution in [0, 0.1) is 6.92 Å². The van der Waals surface area contributed by atoms with Gasteiger partial charge in [0.15, 0.2) is 0 Å². The zero-order valence-corrected chi connectivity index (χ0v) is 15.3. The molecule has 2 aliphatic rings. The number of carbonyl (C=O) groups excluding carboxylic acids is 2. The lowest BCUT2D eigenvalue weighted by Gasteiger charge is -2.28. The van der Waals surface area contributed by atoms with Crippen molar-refractivity contribution in [3.63, 3.8) is 0 Å². The van der Waals surface area contributed by atoms with Gasteiger partial charge in [-0.25, -0.2) is 5.01 Å². The van der Waals surface area contributed by atoms with Crippen molar-refractivity contribution in [1.82, 2.24) is 5.43 Å². The van der Waals surface area contributed by atoms with E-state index in [1.807, 2.05) is 43.3 Å². The lowest BCUT2D eigenvalue weighted by Crippen LogP contribution is -2.54. The molecule has 6 heteroatoms. The molecule has 0 radical (unpaired) electrons. The standard InChI is InChI=1S/C21H22N4O2/c1-14-9-11-16(12-10-14)25-19(26)13-22-20(24-25)21(27)23-18-8-4-6-15-5-2-3-7-17(15)18/h4,6,8-12H,2-3,5,7,13H2,1H3,(H,22,24)(H,23,27). The Morgan fingerprint density at radius 2 is 1.89 bits per heavy atom. The summed E-state index contributed by atoms with van der Waals surface area (Å²) in [4.78, 5) is 29.1. The van der Waals surface area contributed by atoms with E-state index in [4.69, 9.17) is 0 Å². The monoisotopic (exact) mass is 362 g/mol. The number of aryl methyl sites for hydroxylation is 2. The molecule has 0 atom stereocenters. The first kappa shape index (κ1) is 17.3. The minimum absolute atomic E-state index is 0.0590. The number of fused-ring (bicyclic) bond motifs is 1. The van der Waals surface area contributed by atoms with E-state index in [2.05, 4.69) is 21.8 Å². The maximum atomic E-state index is 12.7. The summed E-state index contributed by atoms with van der Waals surface area (Å²) in [6.45, 7) is 1.92. The molecule has 4 rings (SSSR count). The maximum absolute atomic E-state index is 12.7. The summed E-state index contributed by atoms with van der Waals surface area (Å²) < 4.78 is 0. The number of anilines is 2. The first-order valence-electron chi connectivity index (χ1n) is 9.24. The van der Waals surface area contributed by atoms with Gasteiger partial charge in [0.1, 0.15) is 6.54 Å². The summed E-state index contributed by atoms with van der Waals surface area (Å²) >= 11 is 0. The van der Waals surface area contributed by atoms with Gasteiger partial charge < -0.3 is 5.32 Å². The molecule has 1 aliphatic heterocycles. The minimum Gasteiger partial charge on any atom is -0.319 e. The molecule has 138 valence electrons. The van der Waals surface area contributed by atoms with Crippen LogP contribution in [0.4, 0.5) is 11.4 Å². The number of hydrazine groups is 1. The fraction of sp³-hybridized carbons (Fsp3) is 0.286. The van der Waals surface area contributed by atoms with E-state index in [-0.39, 0.29) is 24.2 Å². The maximum Gasteiger partial charge on any atom is 0.292 e. The third kappa shape index (κ3) is 3.56. The highest BCUT2D eigenvalue weighted by molar-refractivity contribution is 6.43. The van der Waals surface area contributed by atoms with E-state index in [0.29, 0.717) is 5.69 Å². The van der Waals surface area contributed by atoms with E-state index in [1.54, 1.807) is 0 Å². The van der Waals surface area contributed by atoms with Crippen molar-refractivity contribution >= 4 is 29.0 Å². The zero-order valence-electron chi connectivity index (χ0n) is 15.3. The minimum atomic E-state index is -0.335. The Morgan fingerprint density at radius 1 is 1.11 bits per heavy atom. The Morgan fingerprint density at radius 3 is 2.70 bits per heavy atom. The van der Waals surface area contributed by atoms with E-state index in [9.17, 15) is 9.59 Å². The molecule has 1 aliphatic carbocycles. The SMILES string of the molecule is Cc1ccc(N2NC(C(=O)Nc3cccc4c3CCCC4)=NCC2=O)cc1. The van der Waals surface area contributed by atoms with Gasteiger partial charge in [0.05, 0.1) is 5.69 Å². The van der Waals surface area contributed by atoms with Crippen molar-refractivity contribution in [1.29, 1.82) is 0 Å². The number of hydrogen-bond donors (Lipinski definition) is 2. The molecular weight excluding hydrogens is 340 g/mol. The van der Waals surface area contributed by atoms with Gasteiger partial charge in [-0.1, -0.05) is 29.8 Å². The molecule has 2 aromatic carbocycles. The Labute approximate surface area is 158 Å². The Kier molecular flexibility index (Phi) is 4.62. The third-order valence-corrected chi connectivity index (χ3v) is 4.99. The number of nitrogens with one attached hydrogen (secondary N) is 2. The van der Waals surface area contributed by atoms with Gasteiger partial charge in [-0.2, -0.15) is 0 Å². The van der Waals surface area contributed by atoms with Crippen molar-refractivity contribution in [2.45, 2.75) is 32.6 Å². The summed E-state index contributed by atoms with van der Waals surface area (Å²) in [6.07, 6.45) is 4.34. The number of carbonyl (C=O) groups is 2. The highest BCUT2D eigenvalue weighted by Crippen LogP contribution is 2.28. The summed E-state index contributed by atoms with van der Waals surface area (Å²) in [7, 11) is 0. The highest BCUT2D eigenvalue weighted by Gasteiger charge is 2.26. The van der Waals surface area contributed by atoms with Gasteiger partial charge in [-0.3, -0.25) is 20.0 Å². The van der Waals surface area contributed by atoms with Crippen LogP contribution >= 0.6 is 0 Å². The molecule has 0 saturated carbocycles. The summed E-state index contributed by atoms with van der Waals surface area (Å²) in [6, 6.07) is 13.5. The molecule has 0 aromatic heterocycles. The molecule has 0 unspecified atom stereocenters. The quantitative estimate of drug-likeness (QED) is 0.882. The van der Waals surface area contributed by atoms with Crippen molar-refractivity contribution in [2.75, 3.05) is 16.9 Å². The van der Waals surface area contributed by atoms with Gasteiger partial charge >= 0.3 is 0 Å². The average Bonchev–Trinajstić information content (AvgIpc) is 2.69. The molecule has 0 fully saturated rings. The smallest absolute Gasteiger partial charge is 0.292 e. The van der Waals surface area contributed by atoms with Crippen molar-refractivity contribution < 1.29 is 9.59 Å². The van der Waals surface area contributed by atoms with Gasteiger partial charge in [0, 0.05) is 5.69 Å². The Bertz CT molecular complexity index is 918. The first-order valence-corrected chi connectivity index (χ1v) is 9.24. The van der Waals surface area contributed by atoms with Gasteiger partial charge in [0.25, 0.3) is 11.8 Å². The molecule has 0 bridgehead atoms. The van der Waals surface area contributed by atoms with Crippen LogP contribution in [0.5, 0.6) is 0 Å². The molecule has 2 aromatic rings. The van der Waals surface area contributed by atoms with Crippen molar-refractivity contribution in [3.05, 3.63) is 59.2 Å². The average molecular weight is 362 g/mol. The van der Waals surface area contributed by atoms with Crippen LogP contribution in [0.25, 0.3) is 0 Å². The number of amides is 2. The first-order chi connectivity index (χ1) is 13.1. The Hall–Kier alpha value is -3.15. The van der Waals surface area contributed by atoms with Gasteiger partial charge in [0.2, 0.25) is 5.84 Å². The molecule has 0 saturated heterocycles. The highest BCUT2D eigenvalue weighted by atomic mass is 16.2. The molecule has 2 N–H and O–H groups in total. The van der Waals surface area contributed by atoms with Gasteiger partial charge in [-0.05, 0) is 61.9 Å². The normalized spacial score (nSPS) is 16.3. The predicted molar refractivity (Wildman–Crippen MR) is 106 cm³/mol. The van der Waals surface area contributed by atoms with Crippen LogP contribution in [0.2, 0.25) is 0 Å². The fourth-order valence-electron chi connectivity index (χ4n) is 3.53. The fourth-order valence-corrected chi connectivity index (χ4v) is 3.53. The number of rotatable bonds is 3. The number of amidine groups is 1. The number of hydrogen-bond acceptors (Lipinski definition) is 4. The summed E-state index contributed by atoms with van der Waals surface area (Å²) in [5.74, 6) is -0.394. The lowest BCUT2D eigenvalue weighted by atomic mass is 9.90. The Balaban J connectivity index is 1.52. The molecule has 0 spiro atoms. The van der Waals surface area contributed by atoms with Crippen LogP contribution in [-0.2, 0) is 22.4 Å². The van der Waals surface area contributed by atoms with Gasteiger partial charge in [-0.15, -0.1) is 0 Å². The summed E-state index contributed by atoms with van der Waals surface area (Å²) in [5.41, 5.74) is 7.99. The second kappa shape index (κ2) is 7.23. The van der Waals surface area contributed by atoms with Crippen molar-refractivity contribution in [2.24, 2.45) is 4.99 Å². The molecule has 2 amide bonds. The molecular formula is C21H22N4O2. The topological polar surface area (TPSA) is 73.8 Å². The third-order valence-electron chi connectivity index (χ3n) is 4.99. The van der Waals surface area contributed by atoms with E-state index in [1.165, 1.54) is 22.6 Å². The predicted octanol–water partition coefficient (Wildman–Crippen LogP) is 2.76. The van der Waals surface area contributed by atoms with Crippen LogP contribution in [0.1, 0.15) is 29.5 Å². The molecule has 27 heavy (non-hydrogen) atoms. The second-order valence-corrected chi connectivity index (χ2v) is 6.95. The number of benzene rings is 2. The van der Waals surface area contributed by atoms with Crippen LogP contribution in [0.3, 0.4) is 0 Å². The van der Waals surface area contributed by atoms with E-state index < -0.39 is 0 Å². The van der Waals surface area contributed by atoms with Crippen LogP contribution in [0.15, 0.2) is 47.5 Å². The van der Waals surface area contributed by atoms with E-state index >= 15 is 0 Å². The van der Waals surface area contributed by atoms with E-state index in [0.717, 1.165) is 30.5 Å². The van der Waals surface area contributed by atoms with Crippen LogP contribution < -0.4 is 15.8 Å². The number of nitrogens with zero attached hydrogens (tertiary/aromatic N) is 2. The summed E-state index contributed by atoms with van der Waals surface area (Å²) in [5, 5.41) is 4.34. The van der Waals surface area contributed by atoms with Crippen LogP contribution in [-0.4, -0.2) is 24.2 Å². The second-order valence-electron chi connectivity index (χ2n) is 6.95. The largest absolute Gasteiger partial charge is 0.319 e. The molecule has 6 nitrogen and oxygen atoms in total. The lowest BCUT2D eigenvalue weighted by molar-refractivity contribution is -0.118. The van der Waals surface area contributed by atoms with Crippen molar-refractivity contribution in [3.8, 4) is 0 Å².